The Morgan fingerprint density at radius 2 is 1.90 bits per heavy atom. The van der Waals surface area contributed by atoms with Gasteiger partial charge in [-0.1, -0.05) is 30.3 Å². The predicted octanol–water partition coefficient (Wildman–Crippen LogP) is 2.00. The highest BCUT2D eigenvalue weighted by molar-refractivity contribution is 7.87. The highest BCUT2D eigenvalue weighted by atomic mass is 32.2. The zero-order valence-corrected chi connectivity index (χ0v) is 12.7. The van der Waals surface area contributed by atoms with Crippen molar-refractivity contribution in [3.63, 3.8) is 0 Å². The van der Waals surface area contributed by atoms with Crippen LogP contribution >= 0.6 is 11.3 Å². The van der Waals surface area contributed by atoms with Crippen molar-refractivity contribution in [2.24, 2.45) is 0 Å². The molecule has 1 aromatic carbocycles. The van der Waals surface area contributed by atoms with E-state index in [9.17, 15) is 13.8 Å². The fraction of sp³-hybridized carbons (Fsp3) is 0.200. The molecule has 3 rings (SSSR count). The number of imide groups is 1. The van der Waals surface area contributed by atoms with Gasteiger partial charge in [0, 0.05) is 10.8 Å². The maximum Gasteiger partial charge on any atom is 0.242 e. The third kappa shape index (κ3) is 2.82. The van der Waals surface area contributed by atoms with Crippen LogP contribution in [-0.2, 0) is 20.4 Å². The smallest absolute Gasteiger partial charge is 0.242 e. The molecule has 3 unspecified atom stereocenters. The average Bonchev–Trinajstić information content (AvgIpc) is 3.10. The SMILES string of the molecule is O=C1CC(S(=O)C(c2ccccc2)c2ccsc2)C(=O)N1. The van der Waals surface area contributed by atoms with Crippen LogP contribution in [0.5, 0.6) is 0 Å². The van der Waals surface area contributed by atoms with Gasteiger partial charge in [0.05, 0.1) is 11.7 Å². The van der Waals surface area contributed by atoms with E-state index in [1.807, 2.05) is 47.2 Å². The summed E-state index contributed by atoms with van der Waals surface area (Å²) in [6.07, 6.45) is -0.00108. The van der Waals surface area contributed by atoms with Crippen LogP contribution in [-0.4, -0.2) is 21.3 Å². The Bertz CT molecular complexity index is 682. The minimum atomic E-state index is -1.49. The molecule has 0 aliphatic carbocycles. The van der Waals surface area contributed by atoms with Crippen LogP contribution in [0, 0.1) is 0 Å². The number of carbonyl (C=O) groups is 2. The predicted molar refractivity (Wildman–Crippen MR) is 82.3 cm³/mol. The molecule has 0 saturated carbocycles. The molecule has 1 aromatic heterocycles. The number of carbonyl (C=O) groups excluding carboxylic acids is 2. The summed E-state index contributed by atoms with van der Waals surface area (Å²) in [7, 11) is -1.49. The van der Waals surface area contributed by atoms with Crippen LogP contribution in [0.1, 0.15) is 22.8 Å². The normalized spacial score (nSPS) is 21.0. The first-order valence-corrected chi connectivity index (χ1v) is 8.69. The van der Waals surface area contributed by atoms with Gasteiger partial charge in [0.25, 0.3) is 0 Å². The van der Waals surface area contributed by atoms with Gasteiger partial charge in [0.15, 0.2) is 0 Å². The van der Waals surface area contributed by atoms with Gasteiger partial charge in [-0.3, -0.25) is 19.1 Å². The van der Waals surface area contributed by atoms with Crippen LogP contribution in [0.2, 0.25) is 0 Å². The van der Waals surface area contributed by atoms with Crippen molar-refractivity contribution < 1.29 is 13.8 Å². The minimum absolute atomic E-state index is 0.00108. The van der Waals surface area contributed by atoms with Crippen LogP contribution in [0.4, 0.5) is 0 Å². The summed E-state index contributed by atoms with van der Waals surface area (Å²) >= 11 is 1.52. The Morgan fingerprint density at radius 1 is 1.14 bits per heavy atom. The fourth-order valence-corrected chi connectivity index (χ4v) is 4.92. The Balaban J connectivity index is 1.98. The quantitative estimate of drug-likeness (QED) is 0.877. The summed E-state index contributed by atoms with van der Waals surface area (Å²) in [4.78, 5) is 23.2. The van der Waals surface area contributed by atoms with E-state index in [0.29, 0.717) is 0 Å². The first-order valence-electron chi connectivity index (χ1n) is 6.47. The van der Waals surface area contributed by atoms with Crippen LogP contribution in [0.25, 0.3) is 0 Å². The molecule has 1 fully saturated rings. The van der Waals surface area contributed by atoms with E-state index in [-0.39, 0.29) is 17.6 Å². The van der Waals surface area contributed by atoms with Crippen molar-refractivity contribution >= 4 is 34.0 Å². The van der Waals surface area contributed by atoms with Gasteiger partial charge in [-0.05, 0) is 28.0 Å². The summed E-state index contributed by atoms with van der Waals surface area (Å²) < 4.78 is 12.9. The molecule has 0 radical (unpaired) electrons. The molecule has 1 N–H and O–H groups in total. The average molecular weight is 319 g/mol. The molecule has 1 aliphatic rings. The molecule has 2 amide bonds. The molecule has 1 saturated heterocycles. The molecule has 3 atom stereocenters. The molecule has 2 aromatic rings. The topological polar surface area (TPSA) is 63.2 Å². The van der Waals surface area contributed by atoms with Crippen molar-refractivity contribution in [2.45, 2.75) is 16.9 Å². The van der Waals surface area contributed by atoms with E-state index in [1.54, 1.807) is 0 Å². The summed E-state index contributed by atoms with van der Waals surface area (Å²) in [5.74, 6) is -0.787. The summed E-state index contributed by atoms with van der Waals surface area (Å²) in [5, 5.41) is 4.92. The Labute approximate surface area is 128 Å². The number of nitrogens with one attached hydrogen (secondary N) is 1. The molecule has 21 heavy (non-hydrogen) atoms. The monoisotopic (exact) mass is 319 g/mol. The van der Waals surface area contributed by atoms with Gasteiger partial charge in [-0.15, -0.1) is 0 Å². The van der Waals surface area contributed by atoms with Gasteiger partial charge in [-0.25, -0.2) is 0 Å². The van der Waals surface area contributed by atoms with E-state index in [0.717, 1.165) is 11.1 Å². The summed E-state index contributed by atoms with van der Waals surface area (Å²) in [5.41, 5.74) is 1.80. The molecular formula is C15H13NO3S2. The van der Waals surface area contributed by atoms with E-state index in [1.165, 1.54) is 11.3 Å². The molecule has 2 heterocycles. The van der Waals surface area contributed by atoms with Crippen molar-refractivity contribution in [1.29, 1.82) is 0 Å². The van der Waals surface area contributed by atoms with Crippen LogP contribution in [0.3, 0.4) is 0 Å². The number of benzene rings is 1. The highest BCUT2D eigenvalue weighted by Gasteiger charge is 2.39. The molecule has 108 valence electrons. The lowest BCUT2D eigenvalue weighted by atomic mass is 10.1. The Morgan fingerprint density at radius 3 is 2.48 bits per heavy atom. The number of hydrogen-bond acceptors (Lipinski definition) is 4. The summed E-state index contributed by atoms with van der Waals surface area (Å²) in [6, 6.07) is 11.4. The first kappa shape index (κ1) is 14.2. The lowest BCUT2D eigenvalue weighted by molar-refractivity contribution is -0.124. The molecule has 1 aliphatic heterocycles. The molecule has 4 nitrogen and oxygen atoms in total. The molecule has 0 spiro atoms. The van der Waals surface area contributed by atoms with E-state index < -0.39 is 22.0 Å². The maximum absolute atomic E-state index is 12.9. The largest absolute Gasteiger partial charge is 0.295 e. The lowest BCUT2D eigenvalue weighted by Crippen LogP contribution is -2.30. The van der Waals surface area contributed by atoms with Gasteiger partial charge < -0.3 is 0 Å². The highest BCUT2D eigenvalue weighted by Crippen LogP contribution is 2.33. The molecular weight excluding hydrogens is 306 g/mol. The second kappa shape index (κ2) is 5.91. The Kier molecular flexibility index (Phi) is 3.98. The van der Waals surface area contributed by atoms with Crippen LogP contribution in [0.15, 0.2) is 47.2 Å². The molecule has 0 bridgehead atoms. The van der Waals surface area contributed by atoms with Crippen LogP contribution < -0.4 is 5.32 Å². The van der Waals surface area contributed by atoms with Gasteiger partial charge in [0.1, 0.15) is 5.25 Å². The van der Waals surface area contributed by atoms with Crippen molar-refractivity contribution in [2.75, 3.05) is 0 Å². The van der Waals surface area contributed by atoms with Crippen molar-refractivity contribution in [3.05, 3.63) is 58.3 Å². The minimum Gasteiger partial charge on any atom is -0.295 e. The van der Waals surface area contributed by atoms with Gasteiger partial charge in [-0.2, -0.15) is 11.3 Å². The first-order chi connectivity index (χ1) is 10.2. The lowest BCUT2D eigenvalue weighted by Gasteiger charge is -2.18. The second-order valence-corrected chi connectivity index (χ2v) is 7.26. The van der Waals surface area contributed by atoms with Gasteiger partial charge in [0.2, 0.25) is 11.8 Å². The van der Waals surface area contributed by atoms with Crippen molar-refractivity contribution in [3.8, 4) is 0 Å². The van der Waals surface area contributed by atoms with E-state index >= 15 is 0 Å². The maximum atomic E-state index is 12.9. The summed E-state index contributed by atoms with van der Waals surface area (Å²) in [6.45, 7) is 0. The van der Waals surface area contributed by atoms with Crippen molar-refractivity contribution in [1.82, 2.24) is 5.32 Å². The number of amides is 2. The number of thiophene rings is 1. The van der Waals surface area contributed by atoms with E-state index in [4.69, 9.17) is 0 Å². The third-order valence-electron chi connectivity index (χ3n) is 3.39. The zero-order chi connectivity index (χ0) is 14.8. The Hall–Kier alpha value is -1.79. The molecule has 6 heteroatoms. The zero-order valence-electron chi connectivity index (χ0n) is 11.0. The number of hydrogen-bond donors (Lipinski definition) is 1. The number of rotatable bonds is 4. The van der Waals surface area contributed by atoms with Gasteiger partial charge >= 0.3 is 0 Å². The standard InChI is InChI=1S/C15H13NO3S2/c17-13-8-12(15(18)16-13)21(19)14(11-6-7-20-9-11)10-4-2-1-3-5-10/h1-7,9,12,14H,8H2,(H,16,17,18). The van der Waals surface area contributed by atoms with E-state index in [2.05, 4.69) is 5.32 Å². The fourth-order valence-electron chi connectivity index (χ4n) is 2.39. The third-order valence-corrected chi connectivity index (χ3v) is 6.04. The second-order valence-electron chi connectivity index (χ2n) is 4.78.